The maximum absolute atomic E-state index is 6.09. The van der Waals surface area contributed by atoms with Gasteiger partial charge >= 0.3 is 0 Å². The third kappa shape index (κ3) is 1.97. The molecule has 2 aromatic carbocycles. The minimum Gasteiger partial charge on any atom is -0.0843 e. The highest BCUT2D eigenvalue weighted by atomic mass is 35.5. The number of rotatable bonds is 1. The molecule has 0 N–H and O–H groups in total. The molecular formula is C17H15Cl. The zero-order valence-corrected chi connectivity index (χ0v) is 11.1. The molecule has 3 rings (SSSR count). The van der Waals surface area contributed by atoms with E-state index in [2.05, 4.69) is 43.3 Å². The molecule has 0 amide bonds. The summed E-state index contributed by atoms with van der Waals surface area (Å²) in [6.07, 6.45) is 5.64. The largest absolute Gasteiger partial charge is 0.0843 e. The lowest BCUT2D eigenvalue weighted by Gasteiger charge is -2.20. The zero-order valence-electron chi connectivity index (χ0n) is 10.4. The zero-order chi connectivity index (χ0) is 12.5. The number of halogens is 1. The molecule has 0 heterocycles. The molecule has 1 heteroatoms. The predicted octanol–water partition coefficient (Wildman–Crippen LogP) is 5.53. The van der Waals surface area contributed by atoms with Gasteiger partial charge in [-0.15, -0.1) is 0 Å². The molecule has 1 unspecified atom stereocenters. The Morgan fingerprint density at radius 3 is 2.78 bits per heavy atom. The summed E-state index contributed by atoms with van der Waals surface area (Å²) >= 11 is 6.09. The van der Waals surface area contributed by atoms with Crippen molar-refractivity contribution in [2.45, 2.75) is 19.3 Å². The lowest BCUT2D eigenvalue weighted by molar-refractivity contribution is 0.772. The second-order valence-corrected chi connectivity index (χ2v) is 5.29. The number of fused-ring (bicyclic) bond motifs is 1. The van der Waals surface area contributed by atoms with Crippen molar-refractivity contribution < 1.29 is 0 Å². The highest BCUT2D eigenvalue weighted by Gasteiger charge is 2.15. The van der Waals surface area contributed by atoms with Gasteiger partial charge in [0, 0.05) is 5.02 Å². The first-order valence-corrected chi connectivity index (χ1v) is 6.69. The molecule has 0 spiro atoms. The topological polar surface area (TPSA) is 0 Å². The fourth-order valence-electron chi connectivity index (χ4n) is 2.62. The molecule has 0 saturated carbocycles. The molecule has 0 radical (unpaired) electrons. The summed E-state index contributed by atoms with van der Waals surface area (Å²) in [5, 5.41) is 0.790. The van der Waals surface area contributed by atoms with Crippen LogP contribution in [0.1, 0.15) is 30.4 Å². The van der Waals surface area contributed by atoms with E-state index in [9.17, 15) is 0 Å². The van der Waals surface area contributed by atoms with Crippen molar-refractivity contribution in [3.63, 3.8) is 0 Å². The Morgan fingerprint density at radius 2 is 1.94 bits per heavy atom. The monoisotopic (exact) mass is 254 g/mol. The molecule has 0 nitrogen and oxygen atoms in total. The van der Waals surface area contributed by atoms with E-state index >= 15 is 0 Å². The minimum absolute atomic E-state index is 0.601. The highest BCUT2D eigenvalue weighted by molar-refractivity contribution is 6.30. The van der Waals surface area contributed by atoms with Gasteiger partial charge in [0.25, 0.3) is 0 Å². The predicted molar refractivity (Wildman–Crippen MR) is 79.0 cm³/mol. The fraction of sp³-hybridized carbons (Fsp3) is 0.176. The van der Waals surface area contributed by atoms with Gasteiger partial charge in [-0.2, -0.15) is 0 Å². The minimum atomic E-state index is 0.601. The van der Waals surface area contributed by atoms with Gasteiger partial charge in [-0.3, -0.25) is 0 Å². The summed E-state index contributed by atoms with van der Waals surface area (Å²) in [5.74, 6) is 0.601. The van der Waals surface area contributed by atoms with Crippen molar-refractivity contribution in [1.82, 2.24) is 0 Å². The van der Waals surface area contributed by atoms with E-state index in [-0.39, 0.29) is 0 Å². The van der Waals surface area contributed by atoms with Crippen LogP contribution in [-0.2, 0) is 0 Å². The molecule has 2 aromatic rings. The van der Waals surface area contributed by atoms with Crippen LogP contribution in [0.4, 0.5) is 0 Å². The second-order valence-electron chi connectivity index (χ2n) is 4.86. The Morgan fingerprint density at radius 1 is 1.11 bits per heavy atom. The Balaban J connectivity index is 2.20. The maximum atomic E-state index is 6.09. The number of allylic oxidation sites excluding steroid dienone is 1. The van der Waals surface area contributed by atoms with Crippen LogP contribution < -0.4 is 0 Å². The van der Waals surface area contributed by atoms with E-state index in [4.69, 9.17) is 11.6 Å². The molecule has 18 heavy (non-hydrogen) atoms. The van der Waals surface area contributed by atoms with Crippen molar-refractivity contribution in [3.8, 4) is 11.1 Å². The Hall–Kier alpha value is -1.53. The van der Waals surface area contributed by atoms with E-state index in [0.717, 1.165) is 11.4 Å². The molecule has 1 atom stereocenters. The number of hydrogen-bond acceptors (Lipinski definition) is 0. The van der Waals surface area contributed by atoms with E-state index in [1.54, 1.807) is 0 Å². The second kappa shape index (κ2) is 4.62. The third-order valence-electron chi connectivity index (χ3n) is 3.58. The van der Waals surface area contributed by atoms with E-state index in [1.165, 1.54) is 22.3 Å². The smallest absolute Gasteiger partial charge is 0.0412 e. The molecule has 1 aliphatic rings. The van der Waals surface area contributed by atoms with Crippen molar-refractivity contribution in [3.05, 3.63) is 64.7 Å². The van der Waals surface area contributed by atoms with Gasteiger partial charge in [0.15, 0.2) is 0 Å². The van der Waals surface area contributed by atoms with Crippen molar-refractivity contribution in [1.29, 1.82) is 0 Å². The first-order chi connectivity index (χ1) is 8.75. The lowest BCUT2D eigenvalue weighted by Crippen LogP contribution is -2.01. The SMILES string of the molecule is CC1CC=Cc2c(-c3cccc(Cl)c3)cccc21. The Labute approximate surface area is 113 Å². The van der Waals surface area contributed by atoms with Crippen molar-refractivity contribution in [2.24, 2.45) is 0 Å². The highest BCUT2D eigenvalue weighted by Crippen LogP contribution is 2.36. The lowest BCUT2D eigenvalue weighted by atomic mass is 9.84. The molecular weight excluding hydrogens is 240 g/mol. The average molecular weight is 255 g/mol. The molecule has 90 valence electrons. The molecule has 0 aliphatic heterocycles. The van der Waals surface area contributed by atoms with Gasteiger partial charge in [0.2, 0.25) is 0 Å². The fourth-order valence-corrected chi connectivity index (χ4v) is 2.81. The summed E-state index contributed by atoms with van der Waals surface area (Å²) in [5.41, 5.74) is 5.25. The van der Waals surface area contributed by atoms with Gasteiger partial charge < -0.3 is 0 Å². The van der Waals surface area contributed by atoms with Crippen LogP contribution in [0.2, 0.25) is 5.02 Å². The van der Waals surface area contributed by atoms with E-state index in [1.807, 2.05) is 18.2 Å². The van der Waals surface area contributed by atoms with Crippen LogP contribution >= 0.6 is 11.6 Å². The molecule has 0 bridgehead atoms. The third-order valence-corrected chi connectivity index (χ3v) is 3.82. The normalized spacial score (nSPS) is 17.6. The van der Waals surface area contributed by atoms with Crippen LogP contribution in [0.3, 0.4) is 0 Å². The Kier molecular flexibility index (Phi) is 2.97. The average Bonchev–Trinajstić information content (AvgIpc) is 2.39. The molecule has 0 saturated heterocycles. The quantitative estimate of drug-likeness (QED) is 0.628. The summed E-state index contributed by atoms with van der Waals surface area (Å²) in [7, 11) is 0. The van der Waals surface area contributed by atoms with Crippen molar-refractivity contribution >= 4 is 17.7 Å². The first-order valence-electron chi connectivity index (χ1n) is 6.31. The van der Waals surface area contributed by atoms with Crippen LogP contribution in [0.15, 0.2) is 48.5 Å². The van der Waals surface area contributed by atoms with E-state index in [0.29, 0.717) is 5.92 Å². The number of benzene rings is 2. The van der Waals surface area contributed by atoms with E-state index < -0.39 is 0 Å². The van der Waals surface area contributed by atoms with Gasteiger partial charge in [-0.05, 0) is 46.7 Å². The van der Waals surface area contributed by atoms with Crippen LogP contribution in [0, 0.1) is 0 Å². The summed E-state index contributed by atoms with van der Waals surface area (Å²) in [6.45, 7) is 2.28. The maximum Gasteiger partial charge on any atom is 0.0412 e. The van der Waals surface area contributed by atoms with Gasteiger partial charge in [0.1, 0.15) is 0 Å². The van der Waals surface area contributed by atoms with Crippen molar-refractivity contribution in [2.75, 3.05) is 0 Å². The van der Waals surface area contributed by atoms with Gasteiger partial charge in [-0.1, -0.05) is 61.0 Å². The van der Waals surface area contributed by atoms with Crippen LogP contribution in [0.25, 0.3) is 17.2 Å². The molecule has 0 fully saturated rings. The van der Waals surface area contributed by atoms with Gasteiger partial charge in [0.05, 0.1) is 0 Å². The first kappa shape index (κ1) is 11.6. The summed E-state index contributed by atoms with van der Waals surface area (Å²) in [4.78, 5) is 0. The van der Waals surface area contributed by atoms with Crippen LogP contribution in [0.5, 0.6) is 0 Å². The molecule has 1 aliphatic carbocycles. The van der Waals surface area contributed by atoms with Crippen LogP contribution in [-0.4, -0.2) is 0 Å². The standard InChI is InChI=1S/C17H15Cl/c1-12-5-2-10-17-15(12)8-4-9-16(17)13-6-3-7-14(18)11-13/h2-4,6-12H,5H2,1H3. The molecule has 0 aromatic heterocycles. The summed E-state index contributed by atoms with van der Waals surface area (Å²) < 4.78 is 0. The Bertz CT molecular complexity index is 611. The summed E-state index contributed by atoms with van der Waals surface area (Å²) in [6, 6.07) is 14.6. The van der Waals surface area contributed by atoms with Gasteiger partial charge in [-0.25, -0.2) is 0 Å². The number of hydrogen-bond donors (Lipinski definition) is 0.